The van der Waals surface area contributed by atoms with Gasteiger partial charge in [-0.3, -0.25) is 5.10 Å². The summed E-state index contributed by atoms with van der Waals surface area (Å²) in [7, 11) is 0. The van der Waals surface area contributed by atoms with Gasteiger partial charge in [-0.25, -0.2) is 4.98 Å². The van der Waals surface area contributed by atoms with E-state index in [9.17, 15) is 5.26 Å². The van der Waals surface area contributed by atoms with E-state index in [-0.39, 0.29) is 31.2 Å². The maximum atomic E-state index is 9.33. The lowest BCUT2D eigenvalue weighted by atomic mass is 9.84. The van der Waals surface area contributed by atoms with Crippen molar-refractivity contribution in [3.8, 4) is 17.8 Å². The number of benzene rings is 1. The van der Waals surface area contributed by atoms with Crippen LogP contribution in [0.5, 0.6) is 11.8 Å². The van der Waals surface area contributed by atoms with E-state index in [1.54, 1.807) is 6.20 Å². The summed E-state index contributed by atoms with van der Waals surface area (Å²) in [6.45, 7) is 8.39. The Morgan fingerprint density at radius 1 is 1.25 bits per heavy atom. The fraction of sp³-hybridized carbons (Fsp3) is 0.400. The number of hydrogen-bond donors (Lipinski definition) is 2. The molecule has 8 nitrogen and oxygen atoms in total. The summed E-state index contributed by atoms with van der Waals surface area (Å²) < 4.78 is 11.3. The molecule has 0 aliphatic rings. The van der Waals surface area contributed by atoms with Gasteiger partial charge in [0.1, 0.15) is 24.7 Å². The van der Waals surface area contributed by atoms with Gasteiger partial charge >= 0.3 is 6.01 Å². The quantitative estimate of drug-likeness (QED) is 0.674. The minimum atomic E-state index is -0.176. The van der Waals surface area contributed by atoms with Gasteiger partial charge < -0.3 is 14.6 Å². The third-order valence-corrected chi connectivity index (χ3v) is 4.32. The molecule has 0 amide bonds. The molecule has 2 aromatic heterocycles. The maximum Gasteiger partial charge on any atom is 0.318 e. The largest absolute Gasteiger partial charge is 0.487 e. The molecule has 28 heavy (non-hydrogen) atoms. The molecule has 0 radical (unpaired) electrons. The van der Waals surface area contributed by atoms with Gasteiger partial charge in [-0.05, 0) is 30.0 Å². The second kappa shape index (κ2) is 7.82. The van der Waals surface area contributed by atoms with E-state index < -0.39 is 0 Å². The molecule has 0 saturated heterocycles. The number of H-pyrrole nitrogens is 1. The van der Waals surface area contributed by atoms with Gasteiger partial charge in [0.25, 0.3) is 0 Å². The van der Waals surface area contributed by atoms with Crippen molar-refractivity contribution in [1.82, 2.24) is 20.2 Å². The van der Waals surface area contributed by atoms with E-state index in [0.717, 1.165) is 22.3 Å². The molecule has 0 saturated carbocycles. The fourth-order valence-electron chi connectivity index (χ4n) is 2.81. The number of aryl methyl sites for hydroxylation is 1. The van der Waals surface area contributed by atoms with E-state index in [4.69, 9.17) is 14.6 Å². The number of nitrogens with zero attached hydrogens (tertiary/aromatic N) is 4. The van der Waals surface area contributed by atoms with Gasteiger partial charge in [0.05, 0.1) is 23.6 Å². The highest BCUT2D eigenvalue weighted by Crippen LogP contribution is 2.34. The molecule has 146 valence electrons. The van der Waals surface area contributed by atoms with Gasteiger partial charge in [0, 0.05) is 11.8 Å². The van der Waals surface area contributed by atoms with Crippen LogP contribution in [-0.2, 0) is 12.0 Å². The Labute approximate surface area is 163 Å². The zero-order valence-electron chi connectivity index (χ0n) is 16.4. The third kappa shape index (κ3) is 4.05. The van der Waals surface area contributed by atoms with Crippen LogP contribution >= 0.6 is 0 Å². The standard InChI is InChI=1S/C20H23N5O3/c1-12-7-17(15(20(2,3)4)8-13(12)9-21)28-11-16-14-10-22-19(27-6-5-26)23-18(14)25-24-16/h7-8,10,26H,5-6,11H2,1-4H3,(H,22,23,24,25). The van der Waals surface area contributed by atoms with Crippen LogP contribution in [0.3, 0.4) is 0 Å². The number of aliphatic hydroxyl groups excluding tert-OH is 1. The molecule has 0 unspecified atom stereocenters. The summed E-state index contributed by atoms with van der Waals surface area (Å²) >= 11 is 0. The molecule has 2 heterocycles. The number of aliphatic hydroxyl groups is 1. The topological polar surface area (TPSA) is 117 Å². The highest BCUT2D eigenvalue weighted by Gasteiger charge is 2.21. The number of nitriles is 1. The number of nitrogens with one attached hydrogen (secondary N) is 1. The zero-order chi connectivity index (χ0) is 20.3. The van der Waals surface area contributed by atoms with Crippen LogP contribution in [0.2, 0.25) is 0 Å². The molecule has 0 aliphatic heterocycles. The minimum Gasteiger partial charge on any atom is -0.487 e. The van der Waals surface area contributed by atoms with Crippen molar-refractivity contribution >= 4 is 11.0 Å². The number of hydrogen-bond acceptors (Lipinski definition) is 7. The predicted octanol–water partition coefficient (Wildman–Crippen LogP) is 2.78. The maximum absolute atomic E-state index is 9.33. The molecule has 0 atom stereocenters. The Bertz CT molecular complexity index is 1030. The lowest BCUT2D eigenvalue weighted by Gasteiger charge is -2.23. The van der Waals surface area contributed by atoms with Crippen LogP contribution in [0.1, 0.15) is 43.2 Å². The molecular formula is C20H23N5O3. The highest BCUT2D eigenvalue weighted by atomic mass is 16.5. The van der Waals surface area contributed by atoms with Crippen molar-refractivity contribution in [1.29, 1.82) is 5.26 Å². The van der Waals surface area contributed by atoms with E-state index in [1.165, 1.54) is 0 Å². The number of rotatable bonds is 6. The summed E-state index contributed by atoms with van der Waals surface area (Å²) in [5, 5.41) is 26.0. The van der Waals surface area contributed by atoms with E-state index in [0.29, 0.717) is 16.9 Å². The van der Waals surface area contributed by atoms with Crippen molar-refractivity contribution in [2.45, 2.75) is 39.7 Å². The van der Waals surface area contributed by atoms with Crippen molar-refractivity contribution in [3.05, 3.63) is 40.7 Å². The smallest absolute Gasteiger partial charge is 0.318 e. The van der Waals surface area contributed by atoms with Crippen molar-refractivity contribution in [2.24, 2.45) is 0 Å². The molecule has 8 heteroatoms. The summed E-state index contributed by atoms with van der Waals surface area (Å²) in [6, 6.07) is 6.19. The average molecular weight is 381 g/mol. The Balaban J connectivity index is 1.86. The molecule has 3 aromatic rings. The lowest BCUT2D eigenvalue weighted by molar-refractivity contribution is 0.192. The molecule has 0 spiro atoms. The van der Waals surface area contributed by atoms with Gasteiger partial charge in [-0.1, -0.05) is 20.8 Å². The summed E-state index contributed by atoms with van der Waals surface area (Å²) in [4.78, 5) is 8.36. The molecular weight excluding hydrogens is 358 g/mol. The SMILES string of the molecule is Cc1cc(OCc2n[nH]c3nc(OCCO)ncc23)c(C(C)(C)C)cc1C#N. The molecule has 1 aromatic carbocycles. The molecule has 0 bridgehead atoms. The number of aromatic amines is 1. The average Bonchev–Trinajstić information content (AvgIpc) is 3.06. The second-order valence-corrected chi connectivity index (χ2v) is 7.47. The first-order valence-electron chi connectivity index (χ1n) is 8.95. The minimum absolute atomic E-state index is 0.108. The van der Waals surface area contributed by atoms with Crippen molar-refractivity contribution in [2.75, 3.05) is 13.2 Å². The Morgan fingerprint density at radius 3 is 2.71 bits per heavy atom. The van der Waals surface area contributed by atoms with Gasteiger partial charge in [0.15, 0.2) is 5.65 Å². The first-order chi connectivity index (χ1) is 13.3. The first-order valence-corrected chi connectivity index (χ1v) is 8.95. The van der Waals surface area contributed by atoms with Crippen LogP contribution in [0.15, 0.2) is 18.3 Å². The van der Waals surface area contributed by atoms with Crippen LogP contribution in [0.25, 0.3) is 11.0 Å². The summed E-state index contributed by atoms with van der Waals surface area (Å²) in [5.41, 5.74) is 3.51. The van der Waals surface area contributed by atoms with Crippen molar-refractivity contribution in [3.63, 3.8) is 0 Å². The number of aromatic nitrogens is 4. The summed E-state index contributed by atoms with van der Waals surface area (Å²) in [6.07, 6.45) is 1.62. The number of ether oxygens (including phenoxy) is 2. The monoisotopic (exact) mass is 381 g/mol. The predicted molar refractivity (Wildman–Crippen MR) is 103 cm³/mol. The fourth-order valence-corrected chi connectivity index (χ4v) is 2.81. The lowest BCUT2D eigenvalue weighted by Crippen LogP contribution is -2.14. The van der Waals surface area contributed by atoms with E-state index in [2.05, 4.69) is 47.0 Å². The highest BCUT2D eigenvalue weighted by molar-refractivity contribution is 5.76. The van der Waals surface area contributed by atoms with Crippen LogP contribution in [-0.4, -0.2) is 38.5 Å². The van der Waals surface area contributed by atoms with Gasteiger partial charge in [-0.15, -0.1) is 0 Å². The van der Waals surface area contributed by atoms with Crippen LogP contribution in [0.4, 0.5) is 0 Å². The van der Waals surface area contributed by atoms with Crippen LogP contribution < -0.4 is 9.47 Å². The zero-order valence-corrected chi connectivity index (χ0v) is 16.4. The van der Waals surface area contributed by atoms with E-state index >= 15 is 0 Å². The molecule has 2 N–H and O–H groups in total. The third-order valence-electron chi connectivity index (χ3n) is 4.32. The Hall–Kier alpha value is -3.18. The summed E-state index contributed by atoms with van der Waals surface area (Å²) in [5.74, 6) is 0.726. The molecule has 0 aliphatic carbocycles. The van der Waals surface area contributed by atoms with Crippen molar-refractivity contribution < 1.29 is 14.6 Å². The van der Waals surface area contributed by atoms with Gasteiger partial charge in [0.2, 0.25) is 0 Å². The second-order valence-electron chi connectivity index (χ2n) is 7.47. The normalized spacial score (nSPS) is 11.4. The first kappa shape index (κ1) is 19.6. The van der Waals surface area contributed by atoms with E-state index in [1.807, 2.05) is 19.1 Å². The Morgan fingerprint density at radius 2 is 2.04 bits per heavy atom. The molecule has 0 fully saturated rings. The molecule has 3 rings (SSSR count). The van der Waals surface area contributed by atoms with Gasteiger partial charge in [-0.2, -0.15) is 15.3 Å². The van der Waals surface area contributed by atoms with Crippen LogP contribution in [0, 0.1) is 18.3 Å². The number of fused-ring (bicyclic) bond motifs is 1. The Kier molecular flexibility index (Phi) is 5.47.